The van der Waals surface area contributed by atoms with Gasteiger partial charge in [-0.25, -0.2) is 0 Å². The average molecular weight is 312 g/mol. The van der Waals surface area contributed by atoms with Crippen molar-refractivity contribution < 1.29 is 14.9 Å². The van der Waals surface area contributed by atoms with Crippen molar-refractivity contribution in [3.05, 3.63) is 59.0 Å². The Hall–Kier alpha value is -3.08. The van der Waals surface area contributed by atoms with E-state index in [1.54, 1.807) is 62.4 Å². The van der Waals surface area contributed by atoms with Crippen molar-refractivity contribution in [3.63, 3.8) is 0 Å². The molecule has 2 rings (SSSR count). The van der Waals surface area contributed by atoms with Crippen LogP contribution < -0.4 is 16.2 Å². The quantitative estimate of drug-likeness (QED) is 0.492. The van der Waals surface area contributed by atoms with E-state index in [4.69, 9.17) is 16.2 Å². The van der Waals surface area contributed by atoms with Crippen molar-refractivity contribution >= 4 is 23.5 Å². The van der Waals surface area contributed by atoms with Crippen LogP contribution in [-0.2, 0) is 0 Å². The zero-order chi connectivity index (χ0) is 17.0. The Kier molecular flexibility index (Phi) is 4.81. The van der Waals surface area contributed by atoms with Crippen LogP contribution in [0.2, 0.25) is 0 Å². The van der Waals surface area contributed by atoms with Gasteiger partial charge in [0.05, 0.1) is 11.5 Å². The zero-order valence-electron chi connectivity index (χ0n) is 13.1. The van der Waals surface area contributed by atoms with E-state index in [0.717, 1.165) is 0 Å². The van der Waals surface area contributed by atoms with Crippen molar-refractivity contribution in [1.29, 1.82) is 0 Å². The second kappa shape index (κ2) is 6.79. The standard InChI is InChI=1S/C18H20N2O3/c1-11(21)7-13-9-15(19)3-5-17(13)23-18-6-4-16(20)10-14(18)8-12(2)22/h3-10,21-22H,19-20H2,1-2H3. The van der Waals surface area contributed by atoms with Gasteiger partial charge in [-0.3, -0.25) is 0 Å². The summed E-state index contributed by atoms with van der Waals surface area (Å²) in [6.07, 6.45) is 3.13. The van der Waals surface area contributed by atoms with Gasteiger partial charge in [-0.1, -0.05) is 0 Å². The van der Waals surface area contributed by atoms with E-state index in [0.29, 0.717) is 34.0 Å². The third-order valence-corrected chi connectivity index (χ3v) is 3.02. The number of aliphatic hydroxyl groups excluding tert-OH is 2. The Morgan fingerprint density at radius 3 is 1.57 bits per heavy atom. The predicted octanol–water partition coefficient (Wildman–Crippen LogP) is 4.48. The Labute approximate surface area is 135 Å². The Bertz CT molecular complexity index is 706. The largest absolute Gasteiger partial charge is 0.513 e. The first-order valence-electron chi connectivity index (χ1n) is 7.06. The number of nitrogen functional groups attached to an aromatic ring is 2. The highest BCUT2D eigenvalue weighted by atomic mass is 16.5. The van der Waals surface area contributed by atoms with Crippen LogP contribution in [0.1, 0.15) is 25.0 Å². The fraction of sp³-hybridized carbons (Fsp3) is 0.111. The van der Waals surface area contributed by atoms with Crippen molar-refractivity contribution in [1.82, 2.24) is 0 Å². The first-order valence-corrected chi connectivity index (χ1v) is 7.06. The minimum absolute atomic E-state index is 0.143. The van der Waals surface area contributed by atoms with E-state index in [2.05, 4.69) is 0 Å². The van der Waals surface area contributed by atoms with Crippen LogP contribution in [-0.4, -0.2) is 10.2 Å². The van der Waals surface area contributed by atoms with Gasteiger partial charge in [0, 0.05) is 22.5 Å². The van der Waals surface area contributed by atoms with Crippen molar-refractivity contribution in [2.24, 2.45) is 0 Å². The molecule has 6 N–H and O–H groups in total. The summed E-state index contributed by atoms with van der Waals surface area (Å²) in [6, 6.07) is 10.3. The SMILES string of the molecule is CC(O)=Cc1cc(N)ccc1Oc1ccc(N)cc1C=C(C)O. The number of ether oxygens (including phenoxy) is 1. The summed E-state index contributed by atoms with van der Waals surface area (Å²) in [7, 11) is 0. The molecule has 0 aliphatic carbocycles. The van der Waals surface area contributed by atoms with Crippen LogP contribution >= 0.6 is 0 Å². The molecular formula is C18H20N2O3. The summed E-state index contributed by atoms with van der Waals surface area (Å²) in [6.45, 7) is 3.14. The molecule has 0 bridgehead atoms. The first kappa shape index (κ1) is 16.3. The fourth-order valence-corrected chi connectivity index (χ4v) is 2.11. The van der Waals surface area contributed by atoms with Gasteiger partial charge >= 0.3 is 0 Å². The molecule has 0 spiro atoms. The molecule has 0 atom stereocenters. The highest BCUT2D eigenvalue weighted by Gasteiger charge is 2.08. The third kappa shape index (κ3) is 4.44. The van der Waals surface area contributed by atoms with E-state index in [1.165, 1.54) is 0 Å². The van der Waals surface area contributed by atoms with Crippen LogP contribution in [0, 0.1) is 0 Å². The third-order valence-electron chi connectivity index (χ3n) is 3.02. The van der Waals surface area contributed by atoms with Crippen molar-refractivity contribution in [2.45, 2.75) is 13.8 Å². The fourth-order valence-electron chi connectivity index (χ4n) is 2.11. The number of hydrogen-bond donors (Lipinski definition) is 4. The maximum Gasteiger partial charge on any atom is 0.134 e. The normalized spacial score (nSPS) is 12.3. The molecule has 5 heteroatoms. The molecule has 0 aliphatic heterocycles. The molecule has 0 radical (unpaired) electrons. The molecule has 0 heterocycles. The van der Waals surface area contributed by atoms with Crippen molar-refractivity contribution in [3.8, 4) is 11.5 Å². The average Bonchev–Trinajstić information content (AvgIpc) is 2.43. The van der Waals surface area contributed by atoms with Crippen LogP contribution in [0.3, 0.4) is 0 Å². The van der Waals surface area contributed by atoms with Crippen molar-refractivity contribution in [2.75, 3.05) is 11.5 Å². The minimum atomic E-state index is 0.143. The summed E-state index contributed by atoms with van der Waals surface area (Å²) < 4.78 is 5.93. The molecule has 0 aliphatic rings. The van der Waals surface area contributed by atoms with E-state index in [9.17, 15) is 10.2 Å². The minimum Gasteiger partial charge on any atom is -0.513 e. The van der Waals surface area contributed by atoms with E-state index >= 15 is 0 Å². The molecule has 0 amide bonds. The molecule has 120 valence electrons. The maximum atomic E-state index is 9.50. The van der Waals surface area contributed by atoms with Crippen LogP contribution in [0.25, 0.3) is 12.2 Å². The number of allylic oxidation sites excluding steroid dienone is 2. The monoisotopic (exact) mass is 312 g/mol. The molecule has 5 nitrogen and oxygen atoms in total. The van der Waals surface area contributed by atoms with E-state index in [1.807, 2.05) is 0 Å². The van der Waals surface area contributed by atoms with Gasteiger partial charge in [0.15, 0.2) is 0 Å². The smallest absolute Gasteiger partial charge is 0.134 e. The number of rotatable bonds is 4. The predicted molar refractivity (Wildman–Crippen MR) is 94.3 cm³/mol. The number of hydrogen-bond acceptors (Lipinski definition) is 5. The molecule has 2 aromatic rings. The van der Waals surface area contributed by atoms with Gasteiger partial charge in [-0.15, -0.1) is 0 Å². The molecule has 0 saturated carbocycles. The lowest BCUT2D eigenvalue weighted by Gasteiger charge is -2.13. The Balaban J connectivity index is 2.48. The van der Waals surface area contributed by atoms with E-state index < -0.39 is 0 Å². The van der Waals surface area contributed by atoms with E-state index in [-0.39, 0.29) is 11.5 Å². The Morgan fingerprint density at radius 2 is 1.22 bits per heavy atom. The van der Waals surface area contributed by atoms with Gasteiger partial charge in [0.1, 0.15) is 11.5 Å². The molecule has 0 unspecified atom stereocenters. The maximum absolute atomic E-state index is 9.50. The zero-order valence-corrected chi connectivity index (χ0v) is 13.1. The summed E-state index contributed by atoms with van der Waals surface area (Å²) >= 11 is 0. The lowest BCUT2D eigenvalue weighted by molar-refractivity contribution is 0.419. The summed E-state index contributed by atoms with van der Waals surface area (Å²) in [5.74, 6) is 1.35. The first-order chi connectivity index (χ1) is 10.8. The van der Waals surface area contributed by atoms with Crippen LogP contribution in [0.5, 0.6) is 11.5 Å². The number of aliphatic hydroxyl groups is 2. The highest BCUT2D eigenvalue weighted by Crippen LogP contribution is 2.32. The lowest BCUT2D eigenvalue weighted by Crippen LogP contribution is -1.94. The highest BCUT2D eigenvalue weighted by molar-refractivity contribution is 5.67. The second-order valence-corrected chi connectivity index (χ2v) is 5.27. The van der Waals surface area contributed by atoms with Gasteiger partial charge in [-0.2, -0.15) is 0 Å². The van der Waals surface area contributed by atoms with Crippen LogP contribution in [0.15, 0.2) is 47.9 Å². The number of benzene rings is 2. The molecule has 2 aromatic carbocycles. The summed E-state index contributed by atoms with van der Waals surface area (Å²) in [4.78, 5) is 0. The Morgan fingerprint density at radius 1 is 0.826 bits per heavy atom. The van der Waals surface area contributed by atoms with Gasteiger partial charge in [0.25, 0.3) is 0 Å². The molecular weight excluding hydrogens is 292 g/mol. The van der Waals surface area contributed by atoms with Gasteiger partial charge in [0.2, 0.25) is 0 Å². The van der Waals surface area contributed by atoms with Gasteiger partial charge in [-0.05, 0) is 62.4 Å². The topological polar surface area (TPSA) is 102 Å². The number of anilines is 2. The number of nitrogens with two attached hydrogens (primary N) is 2. The molecule has 0 aromatic heterocycles. The molecule has 23 heavy (non-hydrogen) atoms. The summed E-state index contributed by atoms with van der Waals surface area (Å²) in [5.41, 5.74) is 14.0. The molecule has 0 saturated heterocycles. The van der Waals surface area contributed by atoms with Gasteiger partial charge < -0.3 is 26.4 Å². The van der Waals surface area contributed by atoms with Crippen LogP contribution in [0.4, 0.5) is 11.4 Å². The molecule has 0 fully saturated rings. The second-order valence-electron chi connectivity index (χ2n) is 5.27. The lowest BCUT2D eigenvalue weighted by atomic mass is 10.1. The summed E-state index contributed by atoms with van der Waals surface area (Å²) in [5, 5.41) is 19.0.